The highest BCUT2D eigenvalue weighted by molar-refractivity contribution is 6.00. The number of benzene rings is 2. The summed E-state index contributed by atoms with van der Waals surface area (Å²) < 4.78 is 24.9. The average Bonchev–Trinajstić information content (AvgIpc) is 2.68. The summed E-state index contributed by atoms with van der Waals surface area (Å²) >= 11 is 0. The van der Waals surface area contributed by atoms with Crippen LogP contribution in [0.4, 0.5) is 4.39 Å². The van der Waals surface area contributed by atoms with Gasteiger partial charge in [0.05, 0.1) is 25.9 Å². The highest BCUT2D eigenvalue weighted by atomic mass is 19.1. The summed E-state index contributed by atoms with van der Waals surface area (Å²) in [5, 5.41) is 0. The highest BCUT2D eigenvalue weighted by Gasteiger charge is 2.41. The number of hydrogen-bond acceptors (Lipinski definition) is 4. The van der Waals surface area contributed by atoms with E-state index in [4.69, 9.17) is 9.47 Å². The zero-order valence-electron chi connectivity index (χ0n) is 15.4. The van der Waals surface area contributed by atoms with Crippen molar-refractivity contribution in [3.63, 3.8) is 0 Å². The van der Waals surface area contributed by atoms with Crippen LogP contribution in [0.5, 0.6) is 5.75 Å². The Labute approximate surface area is 158 Å². The van der Waals surface area contributed by atoms with Gasteiger partial charge < -0.3 is 9.47 Å². The van der Waals surface area contributed by atoms with E-state index in [-0.39, 0.29) is 29.5 Å². The molecular weight excluding hydrogens is 345 g/mol. The van der Waals surface area contributed by atoms with E-state index in [0.717, 1.165) is 19.4 Å². The van der Waals surface area contributed by atoms with Gasteiger partial charge in [0.15, 0.2) is 17.3 Å². The number of carbonyl (C=O) groups excluding carboxylic acids is 1. The molecule has 0 radical (unpaired) electrons. The standard InChI is InChI=1S/C22H24FNO3/c1-26-22-19(8-5-9-20(22)23)21(25)16-10-17-13-27-14-18(11-16)24(17)12-15-6-3-2-4-7-15/h2-9,16-18H,10-14H2,1H3. The molecule has 0 spiro atoms. The molecule has 27 heavy (non-hydrogen) atoms. The molecule has 2 aromatic rings. The molecule has 2 bridgehead atoms. The average molecular weight is 369 g/mol. The van der Waals surface area contributed by atoms with Crippen molar-refractivity contribution in [2.45, 2.75) is 31.5 Å². The number of ketones is 1. The van der Waals surface area contributed by atoms with Gasteiger partial charge in [-0.15, -0.1) is 0 Å². The molecule has 0 aliphatic carbocycles. The number of morpholine rings is 1. The van der Waals surface area contributed by atoms with Crippen LogP contribution in [0.2, 0.25) is 0 Å². The van der Waals surface area contributed by atoms with Crippen molar-refractivity contribution in [2.75, 3.05) is 20.3 Å². The lowest BCUT2D eigenvalue weighted by molar-refractivity contribution is -0.0873. The van der Waals surface area contributed by atoms with Crippen LogP contribution in [-0.2, 0) is 11.3 Å². The predicted octanol–water partition coefficient (Wildman–Crippen LogP) is 3.70. The SMILES string of the molecule is COc1c(F)cccc1C(=O)C1CC2COCC(C1)N2Cc1ccccc1. The van der Waals surface area contributed by atoms with Gasteiger partial charge in [0.2, 0.25) is 0 Å². The summed E-state index contributed by atoms with van der Waals surface area (Å²) in [5.41, 5.74) is 1.61. The zero-order chi connectivity index (χ0) is 18.8. The van der Waals surface area contributed by atoms with Crippen LogP contribution < -0.4 is 4.74 Å². The molecule has 0 amide bonds. The third-order valence-electron chi connectivity index (χ3n) is 5.69. The lowest BCUT2D eigenvalue weighted by atomic mass is 9.80. The topological polar surface area (TPSA) is 38.8 Å². The lowest BCUT2D eigenvalue weighted by Gasteiger charge is -2.48. The van der Waals surface area contributed by atoms with E-state index in [2.05, 4.69) is 17.0 Å². The molecule has 4 nitrogen and oxygen atoms in total. The van der Waals surface area contributed by atoms with Crippen molar-refractivity contribution < 1.29 is 18.7 Å². The fourth-order valence-corrected chi connectivity index (χ4v) is 4.39. The number of carbonyl (C=O) groups is 1. The summed E-state index contributed by atoms with van der Waals surface area (Å²) in [7, 11) is 1.40. The molecule has 2 heterocycles. The normalized spacial score (nSPS) is 25.2. The quantitative estimate of drug-likeness (QED) is 0.754. The fourth-order valence-electron chi connectivity index (χ4n) is 4.39. The van der Waals surface area contributed by atoms with Gasteiger partial charge >= 0.3 is 0 Å². The van der Waals surface area contributed by atoms with Gasteiger partial charge in [-0.2, -0.15) is 0 Å². The van der Waals surface area contributed by atoms with Crippen molar-refractivity contribution in [3.8, 4) is 5.75 Å². The first kappa shape index (κ1) is 18.1. The minimum Gasteiger partial charge on any atom is -0.493 e. The number of ether oxygens (including phenoxy) is 2. The van der Waals surface area contributed by atoms with E-state index >= 15 is 0 Å². The number of para-hydroxylation sites is 1. The molecule has 2 saturated heterocycles. The van der Waals surface area contributed by atoms with Gasteiger partial charge in [0.25, 0.3) is 0 Å². The Morgan fingerprint density at radius 1 is 1.11 bits per heavy atom. The number of hydrogen-bond donors (Lipinski definition) is 0. The van der Waals surface area contributed by atoms with Crippen LogP contribution in [0.15, 0.2) is 48.5 Å². The molecule has 0 aromatic heterocycles. The van der Waals surface area contributed by atoms with E-state index in [0.29, 0.717) is 18.8 Å². The molecule has 2 fully saturated rings. The number of methoxy groups -OCH3 is 1. The Kier molecular flexibility index (Phi) is 5.23. The van der Waals surface area contributed by atoms with Crippen LogP contribution in [-0.4, -0.2) is 43.1 Å². The first-order chi connectivity index (χ1) is 13.2. The number of rotatable bonds is 5. The van der Waals surface area contributed by atoms with E-state index in [9.17, 15) is 9.18 Å². The second-order valence-electron chi connectivity index (χ2n) is 7.36. The second-order valence-corrected chi connectivity index (χ2v) is 7.36. The van der Waals surface area contributed by atoms with Crippen LogP contribution in [0.1, 0.15) is 28.8 Å². The van der Waals surface area contributed by atoms with Crippen LogP contribution in [0.25, 0.3) is 0 Å². The van der Waals surface area contributed by atoms with E-state index in [1.165, 1.54) is 18.7 Å². The van der Waals surface area contributed by atoms with Gasteiger partial charge in [-0.25, -0.2) is 4.39 Å². The first-order valence-corrected chi connectivity index (χ1v) is 9.41. The number of halogens is 1. The Bertz CT molecular complexity index is 796. The van der Waals surface area contributed by atoms with Gasteiger partial charge in [-0.3, -0.25) is 9.69 Å². The largest absolute Gasteiger partial charge is 0.493 e. The Morgan fingerprint density at radius 2 is 1.81 bits per heavy atom. The van der Waals surface area contributed by atoms with Crippen LogP contribution >= 0.6 is 0 Å². The summed E-state index contributed by atoms with van der Waals surface area (Å²) in [6.45, 7) is 2.13. The fraction of sp³-hybridized carbons (Fsp3) is 0.409. The lowest BCUT2D eigenvalue weighted by Crippen LogP contribution is -2.57. The highest BCUT2D eigenvalue weighted by Crippen LogP contribution is 2.36. The molecule has 0 N–H and O–H groups in total. The summed E-state index contributed by atoms with van der Waals surface area (Å²) in [4.78, 5) is 15.6. The molecule has 2 atom stereocenters. The molecule has 5 heteroatoms. The Balaban J connectivity index is 1.53. The van der Waals surface area contributed by atoms with Gasteiger partial charge in [-0.05, 0) is 30.5 Å². The maximum absolute atomic E-state index is 14.0. The van der Waals surface area contributed by atoms with Crippen molar-refractivity contribution in [2.24, 2.45) is 5.92 Å². The van der Waals surface area contributed by atoms with Crippen molar-refractivity contribution in [1.82, 2.24) is 4.90 Å². The predicted molar refractivity (Wildman–Crippen MR) is 100 cm³/mol. The van der Waals surface area contributed by atoms with Gasteiger partial charge in [0.1, 0.15) is 0 Å². The Morgan fingerprint density at radius 3 is 2.48 bits per heavy atom. The zero-order valence-corrected chi connectivity index (χ0v) is 15.4. The summed E-state index contributed by atoms with van der Waals surface area (Å²) in [6.07, 6.45) is 1.45. The summed E-state index contributed by atoms with van der Waals surface area (Å²) in [6, 6.07) is 15.3. The molecule has 0 saturated carbocycles. The molecule has 2 aliphatic rings. The number of nitrogens with zero attached hydrogens (tertiary/aromatic N) is 1. The molecule has 2 unspecified atom stereocenters. The number of fused-ring (bicyclic) bond motifs is 2. The van der Waals surface area contributed by atoms with E-state index in [1.807, 2.05) is 18.2 Å². The number of Topliss-reactive ketones (excluding diaryl/α,β-unsaturated/α-hetero) is 1. The Hall–Kier alpha value is -2.24. The number of piperidine rings is 1. The van der Waals surface area contributed by atoms with Gasteiger partial charge in [-0.1, -0.05) is 36.4 Å². The van der Waals surface area contributed by atoms with E-state index in [1.54, 1.807) is 12.1 Å². The van der Waals surface area contributed by atoms with Crippen molar-refractivity contribution >= 4 is 5.78 Å². The summed E-state index contributed by atoms with van der Waals surface area (Å²) in [5.74, 6) is -0.599. The second kappa shape index (κ2) is 7.79. The molecule has 4 rings (SSSR count). The maximum atomic E-state index is 14.0. The van der Waals surface area contributed by atoms with E-state index < -0.39 is 5.82 Å². The van der Waals surface area contributed by atoms with Crippen LogP contribution in [0, 0.1) is 11.7 Å². The minimum atomic E-state index is -0.492. The third kappa shape index (κ3) is 3.62. The molecular formula is C22H24FNO3. The minimum absolute atomic E-state index is 0.0254. The smallest absolute Gasteiger partial charge is 0.169 e. The van der Waals surface area contributed by atoms with Gasteiger partial charge in [0, 0.05) is 24.5 Å². The monoisotopic (exact) mass is 369 g/mol. The van der Waals surface area contributed by atoms with Crippen molar-refractivity contribution in [3.05, 3.63) is 65.5 Å². The first-order valence-electron chi connectivity index (χ1n) is 9.41. The molecule has 2 aromatic carbocycles. The van der Waals surface area contributed by atoms with Crippen LogP contribution in [0.3, 0.4) is 0 Å². The third-order valence-corrected chi connectivity index (χ3v) is 5.69. The maximum Gasteiger partial charge on any atom is 0.169 e. The molecule has 142 valence electrons. The molecule has 2 aliphatic heterocycles. The van der Waals surface area contributed by atoms with Crippen molar-refractivity contribution in [1.29, 1.82) is 0 Å².